The van der Waals surface area contributed by atoms with Gasteiger partial charge < -0.3 is 15.1 Å². The molecular weight excluding hydrogens is 458 g/mol. The fourth-order valence-corrected chi connectivity index (χ4v) is 5.66. The molecule has 0 saturated carbocycles. The first-order chi connectivity index (χ1) is 16.6. The lowest BCUT2D eigenvalue weighted by Gasteiger charge is -2.37. The van der Waals surface area contributed by atoms with Crippen molar-refractivity contribution in [2.45, 2.75) is 26.8 Å². The lowest BCUT2D eigenvalue weighted by molar-refractivity contribution is 0.379. The summed E-state index contributed by atoms with van der Waals surface area (Å²) in [5.74, 6) is 1.96. The highest BCUT2D eigenvalue weighted by Gasteiger charge is 2.24. The van der Waals surface area contributed by atoms with E-state index in [2.05, 4.69) is 77.5 Å². The molecule has 3 heterocycles. The molecule has 0 aliphatic carbocycles. The van der Waals surface area contributed by atoms with Crippen LogP contribution in [-0.4, -0.2) is 46.2 Å². The van der Waals surface area contributed by atoms with Crippen molar-refractivity contribution in [1.82, 2.24) is 20.2 Å². The number of thiophene rings is 1. The summed E-state index contributed by atoms with van der Waals surface area (Å²) in [5, 5.41) is 5.45. The summed E-state index contributed by atoms with van der Waals surface area (Å²) in [4.78, 5) is 17.1. The van der Waals surface area contributed by atoms with Crippen molar-refractivity contribution in [3.8, 4) is 0 Å². The Bertz CT molecular complexity index is 1280. The Morgan fingerprint density at radius 2 is 1.56 bits per heavy atom. The van der Waals surface area contributed by atoms with Gasteiger partial charge in [0.1, 0.15) is 16.5 Å². The minimum Gasteiger partial charge on any atom is -0.358 e. The number of anilines is 1. The Morgan fingerprint density at radius 3 is 2.24 bits per heavy atom. The molecule has 1 N–H and O–H groups in total. The molecule has 0 bridgehead atoms. The van der Waals surface area contributed by atoms with Crippen molar-refractivity contribution >= 4 is 44.7 Å². The molecule has 5 rings (SSSR count). The Labute approximate surface area is 210 Å². The molecule has 4 aromatic rings. The maximum absolute atomic E-state index is 5.70. The van der Waals surface area contributed by atoms with Gasteiger partial charge in [0.2, 0.25) is 0 Å². The summed E-state index contributed by atoms with van der Waals surface area (Å²) in [6.45, 7) is 8.65. The molecule has 2 aromatic heterocycles. The van der Waals surface area contributed by atoms with Crippen molar-refractivity contribution < 1.29 is 0 Å². The molecule has 5 nitrogen and oxygen atoms in total. The number of hydrogen-bond acceptors (Lipinski definition) is 5. The van der Waals surface area contributed by atoms with Crippen molar-refractivity contribution in [2.75, 3.05) is 31.1 Å². The lowest BCUT2D eigenvalue weighted by atomic mass is 10.1. The standard InChI is InChI=1S/C27H29N5S2/c1-19-20(2)34-26-24(19)25(29-23(30-26)17-21-9-5-3-6-10-21)31-13-15-32(16-14-31)27(33)28-18-22-11-7-4-8-12-22/h3-12H,13-18H2,1-2H3,(H,28,33). The summed E-state index contributed by atoms with van der Waals surface area (Å²) in [6, 6.07) is 20.9. The van der Waals surface area contributed by atoms with Crippen LogP contribution in [0, 0.1) is 13.8 Å². The molecule has 1 saturated heterocycles. The fourth-order valence-electron chi connectivity index (χ4n) is 4.36. The third-order valence-corrected chi connectivity index (χ3v) is 7.92. The number of aromatic nitrogens is 2. The van der Waals surface area contributed by atoms with Crippen LogP contribution in [0.5, 0.6) is 0 Å². The van der Waals surface area contributed by atoms with Crippen LogP contribution in [-0.2, 0) is 13.0 Å². The van der Waals surface area contributed by atoms with E-state index >= 15 is 0 Å². The average Bonchev–Trinajstić information content (AvgIpc) is 3.16. The molecule has 1 aliphatic heterocycles. The van der Waals surface area contributed by atoms with E-state index in [-0.39, 0.29) is 0 Å². The van der Waals surface area contributed by atoms with E-state index in [1.165, 1.54) is 27.0 Å². The number of nitrogens with one attached hydrogen (secondary N) is 1. The smallest absolute Gasteiger partial charge is 0.169 e. The van der Waals surface area contributed by atoms with Gasteiger partial charge in [0, 0.05) is 44.0 Å². The molecule has 7 heteroatoms. The van der Waals surface area contributed by atoms with E-state index < -0.39 is 0 Å². The van der Waals surface area contributed by atoms with Crippen LogP contribution in [0.2, 0.25) is 0 Å². The summed E-state index contributed by atoms with van der Waals surface area (Å²) in [5.41, 5.74) is 3.77. The zero-order chi connectivity index (χ0) is 23.5. The van der Waals surface area contributed by atoms with E-state index in [0.29, 0.717) is 0 Å². The fraction of sp³-hybridized carbons (Fsp3) is 0.296. The number of fused-ring (bicyclic) bond motifs is 1. The molecule has 34 heavy (non-hydrogen) atoms. The van der Waals surface area contributed by atoms with Gasteiger partial charge in [0.15, 0.2) is 5.11 Å². The number of nitrogens with zero attached hydrogens (tertiary/aromatic N) is 4. The van der Waals surface area contributed by atoms with Crippen molar-refractivity contribution in [2.24, 2.45) is 0 Å². The highest BCUT2D eigenvalue weighted by molar-refractivity contribution is 7.80. The van der Waals surface area contributed by atoms with Crippen LogP contribution in [0.25, 0.3) is 10.2 Å². The quantitative estimate of drug-likeness (QED) is 0.396. The van der Waals surface area contributed by atoms with Crippen LogP contribution in [0.4, 0.5) is 5.82 Å². The van der Waals surface area contributed by atoms with Crippen molar-refractivity contribution in [1.29, 1.82) is 0 Å². The van der Waals surface area contributed by atoms with Crippen molar-refractivity contribution in [3.05, 3.63) is 88.1 Å². The third kappa shape index (κ3) is 4.91. The molecule has 2 aromatic carbocycles. The Hall–Kier alpha value is -3.03. The second kappa shape index (κ2) is 10.1. The predicted molar refractivity (Wildman–Crippen MR) is 146 cm³/mol. The molecule has 0 unspecified atom stereocenters. The minimum absolute atomic E-state index is 0.743. The summed E-state index contributed by atoms with van der Waals surface area (Å²) in [7, 11) is 0. The molecule has 0 radical (unpaired) electrons. The first kappa shape index (κ1) is 22.7. The molecular formula is C27H29N5S2. The van der Waals surface area contributed by atoms with Gasteiger partial charge in [0.05, 0.1) is 5.39 Å². The zero-order valence-electron chi connectivity index (χ0n) is 19.6. The maximum Gasteiger partial charge on any atom is 0.169 e. The lowest BCUT2D eigenvalue weighted by Crippen LogP contribution is -2.51. The van der Waals surface area contributed by atoms with Crippen LogP contribution >= 0.6 is 23.6 Å². The van der Waals surface area contributed by atoms with E-state index in [9.17, 15) is 0 Å². The Balaban J connectivity index is 1.32. The second-order valence-corrected chi connectivity index (χ2v) is 10.3. The second-order valence-electron chi connectivity index (χ2n) is 8.71. The summed E-state index contributed by atoms with van der Waals surface area (Å²) < 4.78 is 0. The van der Waals surface area contributed by atoms with Gasteiger partial charge in [-0.1, -0.05) is 60.7 Å². The molecule has 1 aliphatic rings. The monoisotopic (exact) mass is 487 g/mol. The van der Waals surface area contributed by atoms with E-state index in [1.54, 1.807) is 11.3 Å². The van der Waals surface area contributed by atoms with Gasteiger partial charge in [0.25, 0.3) is 0 Å². The molecule has 1 fully saturated rings. The number of hydrogen-bond donors (Lipinski definition) is 1. The van der Waals surface area contributed by atoms with Gasteiger partial charge in [-0.15, -0.1) is 11.3 Å². The van der Waals surface area contributed by atoms with E-state index in [0.717, 1.165) is 60.7 Å². The minimum atomic E-state index is 0.743. The van der Waals surface area contributed by atoms with Crippen molar-refractivity contribution in [3.63, 3.8) is 0 Å². The molecule has 0 atom stereocenters. The summed E-state index contributed by atoms with van der Waals surface area (Å²) in [6.07, 6.45) is 0.743. The number of thiocarbonyl (C=S) groups is 1. The highest BCUT2D eigenvalue weighted by atomic mass is 32.1. The summed E-state index contributed by atoms with van der Waals surface area (Å²) >= 11 is 7.47. The zero-order valence-corrected chi connectivity index (χ0v) is 21.3. The number of benzene rings is 2. The van der Waals surface area contributed by atoms with Gasteiger partial charge >= 0.3 is 0 Å². The number of piperazine rings is 1. The predicted octanol–water partition coefficient (Wildman–Crippen LogP) is 5.10. The van der Waals surface area contributed by atoms with E-state index in [4.69, 9.17) is 22.2 Å². The van der Waals surface area contributed by atoms with Gasteiger partial charge in [-0.2, -0.15) is 0 Å². The largest absolute Gasteiger partial charge is 0.358 e. The van der Waals surface area contributed by atoms with E-state index in [1.807, 2.05) is 12.1 Å². The van der Waals surface area contributed by atoms with Crippen LogP contribution < -0.4 is 10.2 Å². The molecule has 0 amide bonds. The van der Waals surface area contributed by atoms with Gasteiger partial charge in [-0.25, -0.2) is 9.97 Å². The molecule has 0 spiro atoms. The SMILES string of the molecule is Cc1sc2nc(Cc3ccccc3)nc(N3CCN(C(=S)NCc4ccccc4)CC3)c2c1C. The molecule has 174 valence electrons. The average molecular weight is 488 g/mol. The Kier molecular flexibility index (Phi) is 6.74. The topological polar surface area (TPSA) is 44.3 Å². The van der Waals surface area contributed by atoms with Crippen LogP contribution in [0.1, 0.15) is 27.4 Å². The first-order valence-corrected chi connectivity index (χ1v) is 12.9. The highest BCUT2D eigenvalue weighted by Crippen LogP contribution is 2.35. The van der Waals surface area contributed by atoms with Gasteiger partial charge in [-0.05, 0) is 42.8 Å². The third-order valence-electron chi connectivity index (χ3n) is 6.41. The van der Waals surface area contributed by atoms with Gasteiger partial charge in [-0.3, -0.25) is 0 Å². The normalized spacial score (nSPS) is 13.9. The first-order valence-electron chi connectivity index (χ1n) is 11.7. The Morgan fingerprint density at radius 1 is 0.912 bits per heavy atom. The maximum atomic E-state index is 5.70. The van der Waals surface area contributed by atoms with Crippen LogP contribution in [0.15, 0.2) is 60.7 Å². The number of aryl methyl sites for hydroxylation is 2. The van der Waals surface area contributed by atoms with Crippen LogP contribution in [0.3, 0.4) is 0 Å². The number of rotatable bonds is 5.